The molecule has 2 aliphatic rings. The summed E-state index contributed by atoms with van der Waals surface area (Å²) in [5.74, 6) is -0.0870. The van der Waals surface area contributed by atoms with E-state index in [0.29, 0.717) is 11.5 Å². The fourth-order valence-electron chi connectivity index (χ4n) is 5.37. The van der Waals surface area contributed by atoms with Gasteiger partial charge in [-0.15, -0.1) is 0 Å². The zero-order chi connectivity index (χ0) is 21.8. The molecule has 0 spiro atoms. The van der Waals surface area contributed by atoms with Gasteiger partial charge in [0, 0.05) is 54.3 Å². The van der Waals surface area contributed by atoms with Crippen LogP contribution in [0.15, 0.2) is 61.3 Å². The number of rotatable bonds is 3. The molecule has 7 heteroatoms. The van der Waals surface area contributed by atoms with Crippen molar-refractivity contribution in [3.63, 3.8) is 0 Å². The molecule has 0 amide bonds. The van der Waals surface area contributed by atoms with E-state index in [0.717, 1.165) is 54.0 Å². The fraction of sp³-hybridized carbons (Fsp3) is 0.280. The van der Waals surface area contributed by atoms with Crippen molar-refractivity contribution >= 4 is 5.69 Å². The van der Waals surface area contributed by atoms with E-state index in [1.165, 1.54) is 0 Å². The van der Waals surface area contributed by atoms with Crippen LogP contribution in [0.1, 0.15) is 24.4 Å². The van der Waals surface area contributed by atoms with Crippen LogP contribution in [0.5, 0.6) is 0 Å². The fourth-order valence-corrected chi connectivity index (χ4v) is 5.37. The third kappa shape index (κ3) is 2.95. The summed E-state index contributed by atoms with van der Waals surface area (Å²) in [6, 6.07) is 10.7. The zero-order valence-corrected chi connectivity index (χ0v) is 17.7. The number of piperidine rings is 1. The van der Waals surface area contributed by atoms with E-state index in [1.807, 2.05) is 44.0 Å². The maximum Gasteiger partial charge on any atom is 0.133 e. The first-order chi connectivity index (χ1) is 15.6. The van der Waals surface area contributed by atoms with E-state index >= 15 is 0 Å². The Kier molecular flexibility index (Phi) is 4.38. The number of hydrogen-bond acceptors (Lipinski definition) is 3. The number of aryl methyl sites for hydroxylation is 1. The van der Waals surface area contributed by atoms with E-state index in [-0.39, 0.29) is 17.7 Å². The Hall–Kier alpha value is -3.48. The topological polar surface area (TPSA) is 38.9 Å². The van der Waals surface area contributed by atoms with Gasteiger partial charge in [-0.1, -0.05) is 12.1 Å². The summed E-state index contributed by atoms with van der Waals surface area (Å²) in [6.45, 7) is 1.61. The van der Waals surface area contributed by atoms with E-state index in [2.05, 4.69) is 19.5 Å². The molecule has 4 heterocycles. The van der Waals surface area contributed by atoms with Crippen molar-refractivity contribution in [1.29, 1.82) is 0 Å². The molecule has 4 aromatic rings. The predicted molar refractivity (Wildman–Crippen MR) is 119 cm³/mol. The van der Waals surface area contributed by atoms with E-state index in [1.54, 1.807) is 29.1 Å². The highest BCUT2D eigenvalue weighted by atomic mass is 19.1. The second-order valence-corrected chi connectivity index (χ2v) is 8.72. The Morgan fingerprint density at radius 1 is 0.969 bits per heavy atom. The Balaban J connectivity index is 1.22. The molecule has 0 saturated carbocycles. The average Bonchev–Trinajstić information content (AvgIpc) is 3.50. The quantitative estimate of drug-likeness (QED) is 0.456. The molecule has 0 radical (unpaired) electrons. The molecule has 5 nitrogen and oxygen atoms in total. The van der Waals surface area contributed by atoms with Crippen molar-refractivity contribution in [2.45, 2.75) is 18.9 Å². The molecule has 2 aromatic heterocycles. The average molecular weight is 431 g/mol. The Morgan fingerprint density at radius 2 is 1.81 bits per heavy atom. The summed E-state index contributed by atoms with van der Waals surface area (Å²) < 4.78 is 33.4. The van der Waals surface area contributed by atoms with Gasteiger partial charge in [-0.05, 0) is 43.0 Å². The van der Waals surface area contributed by atoms with Crippen molar-refractivity contribution < 1.29 is 8.78 Å². The molecule has 0 aliphatic carbocycles. The highest BCUT2D eigenvalue weighted by molar-refractivity contribution is 5.69. The number of hydrogen-bond donors (Lipinski definition) is 0. The molecule has 0 N–H and O–H groups in total. The Labute approximate surface area is 184 Å². The molecule has 2 aliphatic heterocycles. The zero-order valence-electron chi connectivity index (χ0n) is 17.7. The summed E-state index contributed by atoms with van der Waals surface area (Å²) in [6.07, 6.45) is 8.93. The van der Waals surface area contributed by atoms with Crippen molar-refractivity contribution in [3.8, 4) is 22.4 Å². The number of fused-ring (bicyclic) bond motifs is 3. The van der Waals surface area contributed by atoms with Gasteiger partial charge >= 0.3 is 0 Å². The molecular formula is C25H23F2N5. The van der Waals surface area contributed by atoms with Gasteiger partial charge in [0.05, 0.1) is 30.5 Å². The molecule has 162 valence electrons. The van der Waals surface area contributed by atoms with Gasteiger partial charge in [0.15, 0.2) is 0 Å². The van der Waals surface area contributed by atoms with E-state index in [4.69, 9.17) is 0 Å². The van der Waals surface area contributed by atoms with E-state index < -0.39 is 0 Å². The number of benzene rings is 2. The van der Waals surface area contributed by atoms with Crippen LogP contribution >= 0.6 is 0 Å². The van der Waals surface area contributed by atoms with Gasteiger partial charge in [0.1, 0.15) is 11.6 Å². The minimum Gasteiger partial charge on any atom is -0.371 e. The molecule has 1 atom stereocenters. The maximum absolute atomic E-state index is 14.8. The SMILES string of the molecule is Cn1cc(-c2ccc(N3CCC(C4c5c(F)cccc5-c5cncn54)CC3)cc2F)cn1. The van der Waals surface area contributed by atoms with Gasteiger partial charge in [0.25, 0.3) is 0 Å². The lowest BCUT2D eigenvalue weighted by molar-refractivity contribution is 0.312. The van der Waals surface area contributed by atoms with Crippen LogP contribution in [-0.2, 0) is 7.05 Å². The molecular weight excluding hydrogens is 408 g/mol. The molecule has 1 fully saturated rings. The summed E-state index contributed by atoms with van der Waals surface area (Å²) in [4.78, 5) is 6.53. The van der Waals surface area contributed by atoms with Crippen molar-refractivity contribution in [2.24, 2.45) is 13.0 Å². The van der Waals surface area contributed by atoms with Crippen LogP contribution in [0.2, 0.25) is 0 Å². The first kappa shape index (κ1) is 19.2. The van der Waals surface area contributed by atoms with Crippen LogP contribution in [0.4, 0.5) is 14.5 Å². The molecule has 6 rings (SSSR count). The highest BCUT2D eigenvalue weighted by Gasteiger charge is 2.38. The van der Waals surface area contributed by atoms with Gasteiger partial charge in [-0.2, -0.15) is 5.10 Å². The standard InChI is InChI=1S/C25H23F2N5/c1-30-14-17(12-29-30)19-6-5-18(11-22(19)27)31-9-7-16(8-10-31)25-24-20(3-2-4-21(24)26)23-13-28-15-32(23)25/h2-6,11-16,25H,7-10H2,1H3. The summed E-state index contributed by atoms with van der Waals surface area (Å²) >= 11 is 0. The monoisotopic (exact) mass is 431 g/mol. The molecule has 0 bridgehead atoms. The maximum atomic E-state index is 14.8. The number of anilines is 1. The first-order valence-electron chi connectivity index (χ1n) is 10.9. The Morgan fingerprint density at radius 3 is 2.56 bits per heavy atom. The third-order valence-electron chi connectivity index (χ3n) is 6.91. The smallest absolute Gasteiger partial charge is 0.133 e. The van der Waals surface area contributed by atoms with Crippen LogP contribution in [0, 0.1) is 17.6 Å². The van der Waals surface area contributed by atoms with Crippen LogP contribution < -0.4 is 4.90 Å². The van der Waals surface area contributed by atoms with E-state index in [9.17, 15) is 8.78 Å². The first-order valence-corrected chi connectivity index (χ1v) is 10.9. The second-order valence-electron chi connectivity index (χ2n) is 8.72. The summed E-state index contributed by atoms with van der Waals surface area (Å²) in [5.41, 5.74) is 4.93. The second kappa shape index (κ2) is 7.29. The number of imidazole rings is 1. The largest absolute Gasteiger partial charge is 0.371 e. The van der Waals surface area contributed by atoms with Gasteiger partial charge < -0.3 is 9.47 Å². The molecule has 1 saturated heterocycles. The summed E-state index contributed by atoms with van der Waals surface area (Å²) in [5, 5.41) is 4.13. The lowest BCUT2D eigenvalue weighted by Crippen LogP contribution is -2.36. The normalized spacial score (nSPS) is 18.1. The van der Waals surface area contributed by atoms with Gasteiger partial charge in [-0.3, -0.25) is 4.68 Å². The van der Waals surface area contributed by atoms with Crippen molar-refractivity contribution in [2.75, 3.05) is 18.0 Å². The van der Waals surface area contributed by atoms with Crippen molar-refractivity contribution in [1.82, 2.24) is 19.3 Å². The molecule has 1 unspecified atom stereocenters. The van der Waals surface area contributed by atoms with Gasteiger partial charge in [0.2, 0.25) is 0 Å². The molecule has 2 aromatic carbocycles. The highest BCUT2D eigenvalue weighted by Crippen LogP contribution is 2.47. The summed E-state index contributed by atoms with van der Waals surface area (Å²) in [7, 11) is 1.82. The van der Waals surface area contributed by atoms with Crippen LogP contribution in [-0.4, -0.2) is 32.4 Å². The lowest BCUT2D eigenvalue weighted by Gasteiger charge is -2.37. The van der Waals surface area contributed by atoms with Gasteiger partial charge in [-0.25, -0.2) is 13.8 Å². The number of aromatic nitrogens is 4. The molecule has 32 heavy (non-hydrogen) atoms. The third-order valence-corrected chi connectivity index (χ3v) is 6.91. The number of nitrogens with zero attached hydrogens (tertiary/aromatic N) is 5. The minimum atomic E-state index is -0.243. The predicted octanol–water partition coefficient (Wildman–Crippen LogP) is 5.05. The number of halogens is 2. The minimum absolute atomic E-state index is 0.0319. The van der Waals surface area contributed by atoms with Crippen molar-refractivity contribution in [3.05, 3.63) is 78.5 Å². The van der Waals surface area contributed by atoms with Crippen LogP contribution in [0.3, 0.4) is 0 Å². The lowest BCUT2D eigenvalue weighted by atomic mass is 9.85. The Bertz CT molecular complexity index is 1300. The van der Waals surface area contributed by atoms with Crippen LogP contribution in [0.25, 0.3) is 22.4 Å².